The number of carbonyl (C=O) groups is 2. The molecule has 0 heterocycles. The van der Waals surface area contributed by atoms with E-state index in [-0.39, 0.29) is 22.6 Å². The second-order valence-electron chi connectivity index (χ2n) is 4.26. The van der Waals surface area contributed by atoms with Gasteiger partial charge in [-0.15, -0.1) is 0 Å². The maximum Gasteiger partial charge on any atom is 0.335 e. The number of hydrogen-bond acceptors (Lipinski definition) is 6. The fourth-order valence-corrected chi connectivity index (χ4v) is 1.70. The summed E-state index contributed by atoms with van der Waals surface area (Å²) in [7, 11) is 1.36. The smallest absolute Gasteiger partial charge is 0.335 e. The molecule has 0 unspecified atom stereocenters. The van der Waals surface area contributed by atoms with E-state index < -0.39 is 5.97 Å². The molecule has 0 fully saturated rings. The Morgan fingerprint density at radius 1 is 1.14 bits per heavy atom. The first-order valence-electron chi connectivity index (χ1n) is 6.16. The largest absolute Gasteiger partial charge is 0.504 e. The number of azo groups is 1. The minimum absolute atomic E-state index is 0.0366. The molecular formula is C15H12N2O5. The van der Waals surface area contributed by atoms with E-state index in [1.54, 1.807) is 0 Å². The number of methoxy groups -OCH3 is 1. The molecule has 0 saturated carbocycles. The first kappa shape index (κ1) is 15.2. The maximum atomic E-state index is 10.9. The standard InChI is InChI=1S/C15H12N2O5/c1-22-13-7-12(6-10(8-18)14(13)19)17-16-11-4-2-9(3-5-11)15(20)21/h2-8,19H,1H3,(H,20,21). The molecule has 0 spiro atoms. The van der Waals surface area contributed by atoms with Crippen LogP contribution >= 0.6 is 0 Å². The highest BCUT2D eigenvalue weighted by molar-refractivity contribution is 5.87. The number of aldehydes is 1. The SMILES string of the molecule is COc1cc(N=Nc2ccc(C(=O)O)cc2)cc(C=O)c1O. The summed E-state index contributed by atoms with van der Waals surface area (Å²) in [6.07, 6.45) is 0.485. The van der Waals surface area contributed by atoms with Gasteiger partial charge in [0, 0.05) is 6.07 Å². The lowest BCUT2D eigenvalue weighted by Gasteiger charge is -2.05. The molecule has 112 valence electrons. The van der Waals surface area contributed by atoms with Gasteiger partial charge in [0.25, 0.3) is 0 Å². The van der Waals surface area contributed by atoms with Crippen molar-refractivity contribution in [3.05, 3.63) is 47.5 Å². The average Bonchev–Trinajstić information content (AvgIpc) is 2.54. The van der Waals surface area contributed by atoms with E-state index in [1.807, 2.05) is 0 Å². The van der Waals surface area contributed by atoms with E-state index in [2.05, 4.69) is 10.2 Å². The summed E-state index contributed by atoms with van der Waals surface area (Å²) in [5.74, 6) is -1.18. The van der Waals surface area contributed by atoms with E-state index in [4.69, 9.17) is 9.84 Å². The van der Waals surface area contributed by atoms with Gasteiger partial charge in [0.15, 0.2) is 17.8 Å². The second kappa shape index (κ2) is 6.49. The van der Waals surface area contributed by atoms with Gasteiger partial charge in [-0.1, -0.05) is 0 Å². The molecule has 0 radical (unpaired) electrons. The van der Waals surface area contributed by atoms with Crippen molar-refractivity contribution in [2.24, 2.45) is 10.2 Å². The summed E-state index contributed by atoms with van der Waals surface area (Å²) in [5, 5.41) is 26.4. The minimum Gasteiger partial charge on any atom is -0.504 e. The van der Waals surface area contributed by atoms with Gasteiger partial charge in [-0.3, -0.25) is 4.79 Å². The predicted molar refractivity (Wildman–Crippen MR) is 77.6 cm³/mol. The zero-order chi connectivity index (χ0) is 16.1. The van der Waals surface area contributed by atoms with Crippen molar-refractivity contribution in [1.29, 1.82) is 0 Å². The summed E-state index contributed by atoms with van der Waals surface area (Å²) >= 11 is 0. The zero-order valence-corrected chi connectivity index (χ0v) is 11.6. The highest BCUT2D eigenvalue weighted by atomic mass is 16.5. The number of phenols is 1. The van der Waals surface area contributed by atoms with Crippen LogP contribution < -0.4 is 4.74 Å². The number of ether oxygens (including phenoxy) is 1. The molecule has 0 aromatic heterocycles. The van der Waals surface area contributed by atoms with Gasteiger partial charge in [0.2, 0.25) is 0 Å². The Morgan fingerprint density at radius 2 is 1.77 bits per heavy atom. The number of carboxylic acid groups (broad SMARTS) is 1. The molecule has 2 aromatic rings. The molecule has 0 amide bonds. The van der Waals surface area contributed by atoms with E-state index in [1.165, 1.54) is 43.5 Å². The number of carbonyl (C=O) groups excluding carboxylic acids is 1. The Bertz CT molecular complexity index is 738. The van der Waals surface area contributed by atoms with Gasteiger partial charge >= 0.3 is 5.97 Å². The molecule has 0 saturated heterocycles. The number of benzene rings is 2. The number of phenolic OH excluding ortho intramolecular Hbond substituents is 1. The molecule has 2 N–H and O–H groups in total. The fourth-order valence-electron chi connectivity index (χ4n) is 1.70. The van der Waals surface area contributed by atoms with Crippen LogP contribution in [0.25, 0.3) is 0 Å². The van der Waals surface area contributed by atoms with Crippen LogP contribution in [-0.4, -0.2) is 29.6 Å². The highest BCUT2D eigenvalue weighted by Crippen LogP contribution is 2.34. The van der Waals surface area contributed by atoms with E-state index in [0.717, 1.165) is 0 Å². The summed E-state index contributed by atoms with van der Waals surface area (Å²) in [4.78, 5) is 21.6. The third kappa shape index (κ3) is 3.26. The van der Waals surface area contributed by atoms with Crippen LogP contribution in [0.3, 0.4) is 0 Å². The third-order valence-corrected chi connectivity index (χ3v) is 2.83. The minimum atomic E-state index is -1.03. The second-order valence-corrected chi connectivity index (χ2v) is 4.26. The molecule has 7 nitrogen and oxygen atoms in total. The first-order chi connectivity index (χ1) is 10.5. The van der Waals surface area contributed by atoms with Gasteiger partial charge in [-0.25, -0.2) is 4.79 Å². The molecule has 7 heteroatoms. The number of nitrogens with zero attached hydrogens (tertiary/aromatic N) is 2. The summed E-state index contributed by atoms with van der Waals surface area (Å²) < 4.78 is 4.95. The van der Waals surface area contributed by atoms with Crippen LogP contribution in [-0.2, 0) is 0 Å². The number of carboxylic acids is 1. The van der Waals surface area contributed by atoms with Crippen LogP contribution in [0.15, 0.2) is 46.6 Å². The molecule has 0 atom stereocenters. The van der Waals surface area contributed by atoms with Crippen molar-refractivity contribution >= 4 is 23.6 Å². The van der Waals surface area contributed by atoms with Crippen molar-refractivity contribution in [2.75, 3.05) is 7.11 Å². The van der Waals surface area contributed by atoms with E-state index in [9.17, 15) is 14.7 Å². The lowest BCUT2D eigenvalue weighted by atomic mass is 10.2. The lowest BCUT2D eigenvalue weighted by molar-refractivity contribution is 0.0696. The molecule has 0 bridgehead atoms. The Labute approximate surface area is 125 Å². The maximum absolute atomic E-state index is 10.9. The van der Waals surface area contributed by atoms with Crippen molar-refractivity contribution in [3.8, 4) is 11.5 Å². The van der Waals surface area contributed by atoms with Crippen LogP contribution in [0.1, 0.15) is 20.7 Å². The first-order valence-corrected chi connectivity index (χ1v) is 6.16. The summed E-state index contributed by atoms with van der Waals surface area (Å²) in [6.45, 7) is 0. The quantitative estimate of drug-likeness (QED) is 0.650. The Morgan fingerprint density at radius 3 is 2.32 bits per heavy atom. The number of rotatable bonds is 5. The molecule has 22 heavy (non-hydrogen) atoms. The van der Waals surface area contributed by atoms with Gasteiger partial charge < -0.3 is 14.9 Å². The van der Waals surface area contributed by atoms with E-state index >= 15 is 0 Å². The van der Waals surface area contributed by atoms with Crippen LogP contribution in [0.2, 0.25) is 0 Å². The van der Waals surface area contributed by atoms with Crippen molar-refractivity contribution in [3.63, 3.8) is 0 Å². The molecule has 0 aliphatic rings. The van der Waals surface area contributed by atoms with Gasteiger partial charge in [0.05, 0.1) is 29.6 Å². The van der Waals surface area contributed by atoms with Gasteiger partial charge in [-0.05, 0) is 30.3 Å². The van der Waals surface area contributed by atoms with Crippen molar-refractivity contribution in [1.82, 2.24) is 0 Å². The fraction of sp³-hybridized carbons (Fsp3) is 0.0667. The van der Waals surface area contributed by atoms with Crippen molar-refractivity contribution < 1.29 is 24.5 Å². The number of hydrogen-bond donors (Lipinski definition) is 2. The third-order valence-electron chi connectivity index (χ3n) is 2.83. The highest BCUT2D eigenvalue weighted by Gasteiger charge is 2.09. The monoisotopic (exact) mass is 300 g/mol. The molecule has 0 aliphatic carbocycles. The average molecular weight is 300 g/mol. The van der Waals surface area contributed by atoms with Gasteiger partial charge in [-0.2, -0.15) is 10.2 Å². The molecule has 2 rings (SSSR count). The predicted octanol–water partition coefficient (Wildman–Crippen LogP) is 3.33. The molecule has 0 aliphatic heterocycles. The Kier molecular flexibility index (Phi) is 4.47. The number of aromatic carboxylic acids is 1. The Hall–Kier alpha value is -3.22. The molecule has 2 aromatic carbocycles. The lowest BCUT2D eigenvalue weighted by Crippen LogP contribution is -1.93. The van der Waals surface area contributed by atoms with Crippen LogP contribution in [0, 0.1) is 0 Å². The Balaban J connectivity index is 2.29. The van der Waals surface area contributed by atoms with Crippen molar-refractivity contribution in [2.45, 2.75) is 0 Å². The van der Waals surface area contributed by atoms with Crippen LogP contribution in [0.5, 0.6) is 11.5 Å². The summed E-state index contributed by atoms with van der Waals surface area (Å²) in [6, 6.07) is 8.61. The van der Waals surface area contributed by atoms with Gasteiger partial charge in [0.1, 0.15) is 0 Å². The summed E-state index contributed by atoms with van der Waals surface area (Å²) in [5.41, 5.74) is 0.951. The van der Waals surface area contributed by atoms with E-state index in [0.29, 0.717) is 17.7 Å². The molecular weight excluding hydrogens is 288 g/mol. The topological polar surface area (TPSA) is 109 Å². The number of aromatic hydroxyl groups is 1. The zero-order valence-electron chi connectivity index (χ0n) is 11.6. The van der Waals surface area contributed by atoms with Crippen LogP contribution in [0.4, 0.5) is 11.4 Å². The normalized spacial score (nSPS) is 10.6.